The first-order chi connectivity index (χ1) is 16.6. The predicted molar refractivity (Wildman–Crippen MR) is 139 cm³/mol. The Kier molecular flexibility index (Phi) is 7.02. The highest BCUT2D eigenvalue weighted by atomic mass is 32.2. The number of aryl methyl sites for hydroxylation is 1. The summed E-state index contributed by atoms with van der Waals surface area (Å²) >= 11 is 0. The van der Waals surface area contributed by atoms with Gasteiger partial charge in [0.05, 0.1) is 22.0 Å². The number of carbonyl (C=O) groups excluding carboxylic acids is 1. The van der Waals surface area contributed by atoms with Crippen molar-refractivity contribution in [3.8, 4) is 0 Å². The highest BCUT2D eigenvalue weighted by Crippen LogP contribution is 2.33. The van der Waals surface area contributed by atoms with E-state index in [-0.39, 0.29) is 22.8 Å². The minimum absolute atomic E-state index is 0.108. The maximum absolute atomic E-state index is 13.9. The van der Waals surface area contributed by atoms with Gasteiger partial charge in [0.1, 0.15) is 0 Å². The number of pyridine rings is 1. The quantitative estimate of drug-likeness (QED) is 0.470. The van der Waals surface area contributed by atoms with Crippen molar-refractivity contribution >= 4 is 32.7 Å². The topological polar surface area (TPSA) is 88.4 Å². The summed E-state index contributed by atoms with van der Waals surface area (Å²) in [6.07, 6.45) is 3.23. The lowest BCUT2D eigenvalue weighted by Crippen LogP contribution is -2.36. The number of hydrogen-bond donors (Lipinski definition) is 0. The summed E-state index contributed by atoms with van der Waals surface area (Å²) in [4.78, 5) is 20.8. The van der Waals surface area contributed by atoms with Crippen LogP contribution in [0.1, 0.15) is 81.5 Å². The van der Waals surface area contributed by atoms with E-state index in [2.05, 4.69) is 18.9 Å². The summed E-state index contributed by atoms with van der Waals surface area (Å²) in [6.45, 7) is 13.3. The molecule has 188 valence electrons. The number of sulfonamides is 1. The van der Waals surface area contributed by atoms with Crippen LogP contribution in [-0.4, -0.2) is 53.0 Å². The van der Waals surface area contributed by atoms with Crippen molar-refractivity contribution in [2.45, 2.75) is 71.2 Å². The Morgan fingerprint density at radius 1 is 1.11 bits per heavy atom. The van der Waals surface area contributed by atoms with Crippen LogP contribution in [0.15, 0.2) is 35.4 Å². The minimum Gasteiger partial charge on any atom is -0.308 e. The molecule has 3 aromatic rings. The highest BCUT2D eigenvalue weighted by Gasteiger charge is 2.29. The molecule has 0 saturated carbocycles. The second-order valence-electron chi connectivity index (χ2n) is 9.61. The molecular formula is C26H35N5O3S. The average molecular weight is 498 g/mol. The van der Waals surface area contributed by atoms with E-state index >= 15 is 0 Å². The molecule has 0 aliphatic carbocycles. The Bertz CT molecular complexity index is 1360. The van der Waals surface area contributed by atoms with Gasteiger partial charge in [-0.3, -0.25) is 4.79 Å². The second-order valence-corrected chi connectivity index (χ2v) is 11.5. The second kappa shape index (κ2) is 9.70. The van der Waals surface area contributed by atoms with E-state index in [0.717, 1.165) is 35.2 Å². The van der Waals surface area contributed by atoms with Crippen LogP contribution in [0.25, 0.3) is 11.0 Å². The molecule has 3 heterocycles. The summed E-state index contributed by atoms with van der Waals surface area (Å²) in [5, 5.41) is 5.25. The van der Waals surface area contributed by atoms with Crippen LogP contribution in [0.3, 0.4) is 0 Å². The van der Waals surface area contributed by atoms with Gasteiger partial charge in [-0.25, -0.2) is 18.1 Å². The molecule has 35 heavy (non-hydrogen) atoms. The third-order valence-corrected chi connectivity index (χ3v) is 8.70. The van der Waals surface area contributed by atoms with E-state index in [4.69, 9.17) is 4.98 Å². The van der Waals surface area contributed by atoms with Crippen molar-refractivity contribution in [1.29, 1.82) is 0 Å². The zero-order valence-electron chi connectivity index (χ0n) is 21.4. The van der Waals surface area contributed by atoms with Crippen LogP contribution in [-0.2, 0) is 16.4 Å². The van der Waals surface area contributed by atoms with Crippen LogP contribution in [0.5, 0.6) is 0 Å². The molecule has 0 bridgehead atoms. The first-order valence-corrected chi connectivity index (χ1v) is 13.9. The SMILES string of the molecule is CCN(CC)S(=O)(=O)c1ccc2c(c1)CCCN2C(=O)c1cc(C(C)C)nc2c1cnn2C(C)C. The normalized spacial score (nSPS) is 14.4. The fourth-order valence-corrected chi connectivity index (χ4v) is 6.20. The first-order valence-electron chi connectivity index (χ1n) is 12.4. The van der Waals surface area contributed by atoms with Gasteiger partial charge in [-0.2, -0.15) is 9.40 Å². The number of amides is 1. The summed E-state index contributed by atoms with van der Waals surface area (Å²) in [5.41, 5.74) is 3.80. The van der Waals surface area contributed by atoms with Crippen molar-refractivity contribution in [2.24, 2.45) is 0 Å². The van der Waals surface area contributed by atoms with Gasteiger partial charge in [0.2, 0.25) is 10.0 Å². The van der Waals surface area contributed by atoms with Gasteiger partial charge in [-0.15, -0.1) is 0 Å². The van der Waals surface area contributed by atoms with E-state index < -0.39 is 10.0 Å². The molecule has 0 radical (unpaired) electrons. The number of aromatic nitrogens is 3. The Balaban J connectivity index is 1.79. The molecule has 0 spiro atoms. The molecule has 0 N–H and O–H groups in total. The Labute approximate surface area is 208 Å². The lowest BCUT2D eigenvalue weighted by atomic mass is 9.99. The van der Waals surface area contributed by atoms with E-state index in [1.54, 1.807) is 29.3 Å². The fraction of sp³-hybridized carbons (Fsp3) is 0.500. The zero-order chi connectivity index (χ0) is 25.5. The predicted octanol–water partition coefficient (Wildman–Crippen LogP) is 4.76. The Morgan fingerprint density at radius 2 is 1.83 bits per heavy atom. The average Bonchev–Trinajstić information content (AvgIpc) is 3.27. The number of benzene rings is 1. The van der Waals surface area contributed by atoms with E-state index in [9.17, 15) is 13.2 Å². The summed E-state index contributed by atoms with van der Waals surface area (Å²) in [6, 6.07) is 7.14. The number of carbonyl (C=O) groups is 1. The standard InChI is InChI=1S/C26H35N5O3S/c1-7-29(8-2)35(33,34)20-11-12-24-19(14-20)10-9-13-30(24)26(32)21-15-23(17(3)4)28-25-22(21)16-27-31(25)18(5)6/h11-12,14-18H,7-10,13H2,1-6H3. The fourth-order valence-electron chi connectivity index (χ4n) is 4.69. The molecule has 0 atom stereocenters. The monoisotopic (exact) mass is 497 g/mol. The van der Waals surface area contributed by atoms with Crippen LogP contribution in [0.4, 0.5) is 5.69 Å². The number of nitrogens with zero attached hydrogens (tertiary/aromatic N) is 5. The molecule has 0 unspecified atom stereocenters. The largest absolute Gasteiger partial charge is 0.308 e. The van der Waals surface area contributed by atoms with Gasteiger partial charge in [0, 0.05) is 37.1 Å². The lowest BCUT2D eigenvalue weighted by molar-refractivity contribution is 0.0986. The molecule has 8 nitrogen and oxygen atoms in total. The van der Waals surface area contributed by atoms with Crippen LogP contribution in [0, 0.1) is 0 Å². The van der Waals surface area contributed by atoms with Crippen molar-refractivity contribution in [3.63, 3.8) is 0 Å². The van der Waals surface area contributed by atoms with Gasteiger partial charge in [-0.1, -0.05) is 27.7 Å². The van der Waals surface area contributed by atoms with E-state index in [1.165, 1.54) is 4.31 Å². The summed E-state index contributed by atoms with van der Waals surface area (Å²) < 4.78 is 29.4. The molecule has 2 aromatic heterocycles. The molecular weight excluding hydrogens is 462 g/mol. The zero-order valence-corrected chi connectivity index (χ0v) is 22.3. The van der Waals surface area contributed by atoms with Gasteiger partial charge < -0.3 is 4.90 Å². The molecule has 4 rings (SSSR count). The third-order valence-electron chi connectivity index (χ3n) is 6.66. The molecule has 1 aliphatic heterocycles. The minimum atomic E-state index is -3.56. The number of rotatable bonds is 7. The molecule has 0 saturated heterocycles. The highest BCUT2D eigenvalue weighted by molar-refractivity contribution is 7.89. The molecule has 9 heteroatoms. The van der Waals surface area contributed by atoms with Crippen LogP contribution >= 0.6 is 0 Å². The first kappa shape index (κ1) is 25.3. The Hall–Kier alpha value is -2.78. The van der Waals surface area contributed by atoms with Crippen molar-refractivity contribution in [1.82, 2.24) is 19.1 Å². The van der Waals surface area contributed by atoms with Gasteiger partial charge >= 0.3 is 0 Å². The Morgan fingerprint density at radius 3 is 2.46 bits per heavy atom. The summed E-state index contributed by atoms with van der Waals surface area (Å²) in [7, 11) is -3.56. The molecule has 1 amide bonds. The van der Waals surface area contributed by atoms with Gasteiger partial charge in [-0.05, 0) is 62.4 Å². The van der Waals surface area contributed by atoms with Crippen molar-refractivity contribution < 1.29 is 13.2 Å². The lowest BCUT2D eigenvalue weighted by Gasteiger charge is -2.30. The third kappa shape index (κ3) is 4.47. The van der Waals surface area contributed by atoms with Gasteiger partial charge in [0.15, 0.2) is 5.65 Å². The smallest absolute Gasteiger partial charge is 0.259 e. The van der Waals surface area contributed by atoms with E-state index in [1.807, 2.05) is 38.4 Å². The number of hydrogen-bond acceptors (Lipinski definition) is 5. The van der Waals surface area contributed by atoms with Gasteiger partial charge in [0.25, 0.3) is 5.91 Å². The molecule has 0 fully saturated rings. The molecule has 1 aliphatic rings. The number of anilines is 1. The van der Waals surface area contributed by atoms with Crippen molar-refractivity contribution in [3.05, 3.63) is 47.3 Å². The van der Waals surface area contributed by atoms with Crippen molar-refractivity contribution in [2.75, 3.05) is 24.5 Å². The van der Waals surface area contributed by atoms with Crippen LogP contribution < -0.4 is 4.90 Å². The molecule has 1 aromatic carbocycles. The number of fused-ring (bicyclic) bond motifs is 2. The maximum Gasteiger partial charge on any atom is 0.259 e. The summed E-state index contributed by atoms with van der Waals surface area (Å²) in [5.74, 6) is 0.0471. The van der Waals surface area contributed by atoms with E-state index in [0.29, 0.717) is 30.8 Å². The maximum atomic E-state index is 13.9. The van der Waals surface area contributed by atoms with Crippen LogP contribution in [0.2, 0.25) is 0 Å².